The molecule has 0 radical (unpaired) electrons. The molecule has 0 saturated heterocycles. The highest BCUT2D eigenvalue weighted by Gasteiger charge is 2.31. The number of rotatable bonds is 5. The molecule has 0 amide bonds. The van der Waals surface area contributed by atoms with Crippen molar-refractivity contribution in [2.45, 2.75) is 17.8 Å². The van der Waals surface area contributed by atoms with Crippen molar-refractivity contribution in [1.29, 1.82) is 0 Å². The molecule has 0 aromatic heterocycles. The maximum absolute atomic E-state index is 11.1. The van der Waals surface area contributed by atoms with Crippen LogP contribution in [0.25, 0.3) is 0 Å². The Kier molecular flexibility index (Phi) is 4.43. The molecule has 0 aliphatic carbocycles. The summed E-state index contributed by atoms with van der Waals surface area (Å²) in [6.07, 6.45) is -1.26. The minimum absolute atomic E-state index is 0.00882. The molecule has 2 unspecified atom stereocenters. The highest BCUT2D eigenvalue weighted by Crippen LogP contribution is 2.23. The zero-order valence-corrected chi connectivity index (χ0v) is 9.47. The third-order valence-corrected chi connectivity index (χ3v) is 3.59. The van der Waals surface area contributed by atoms with Gasteiger partial charge in [0.1, 0.15) is 5.25 Å². The summed E-state index contributed by atoms with van der Waals surface area (Å²) < 4.78 is 31.1. The lowest BCUT2D eigenvalue weighted by atomic mass is 10.0. The maximum Gasteiger partial charge on any atom is 0.270 e. The van der Waals surface area contributed by atoms with Crippen molar-refractivity contribution in [3.05, 3.63) is 35.9 Å². The Morgan fingerprint density at radius 1 is 1.25 bits per heavy atom. The Balaban J connectivity index is 2.97. The van der Waals surface area contributed by atoms with E-state index in [0.717, 1.165) is 0 Å². The molecule has 0 bridgehead atoms. The van der Waals surface area contributed by atoms with E-state index in [1.54, 1.807) is 30.3 Å². The van der Waals surface area contributed by atoms with Gasteiger partial charge in [-0.05, 0) is 18.5 Å². The fraction of sp³-hybridized carbons (Fsp3) is 0.400. The van der Waals surface area contributed by atoms with Crippen molar-refractivity contribution >= 4 is 10.1 Å². The second-order valence-electron chi connectivity index (χ2n) is 3.49. The minimum atomic E-state index is -4.30. The van der Waals surface area contributed by atoms with Crippen molar-refractivity contribution in [2.75, 3.05) is 6.54 Å². The van der Waals surface area contributed by atoms with Crippen molar-refractivity contribution in [3.8, 4) is 0 Å². The van der Waals surface area contributed by atoms with Gasteiger partial charge in [-0.3, -0.25) is 4.55 Å². The van der Waals surface area contributed by atoms with Crippen molar-refractivity contribution in [2.24, 2.45) is 5.73 Å². The zero-order chi connectivity index (χ0) is 12.2. The largest absolute Gasteiger partial charge is 0.387 e. The number of aliphatic hydroxyl groups excluding tert-OH is 1. The molecule has 6 heteroatoms. The Hall–Kier alpha value is -0.950. The lowest BCUT2D eigenvalue weighted by Crippen LogP contribution is -2.30. The molecule has 0 aliphatic heterocycles. The number of hydrogen-bond donors (Lipinski definition) is 3. The molecule has 16 heavy (non-hydrogen) atoms. The van der Waals surface area contributed by atoms with Gasteiger partial charge in [0.15, 0.2) is 0 Å². The molecule has 1 aromatic rings. The molecule has 0 heterocycles. The van der Waals surface area contributed by atoms with E-state index in [-0.39, 0.29) is 13.0 Å². The van der Waals surface area contributed by atoms with Crippen LogP contribution in [0.1, 0.15) is 18.1 Å². The topological polar surface area (TPSA) is 101 Å². The minimum Gasteiger partial charge on any atom is -0.387 e. The first-order valence-electron chi connectivity index (χ1n) is 4.86. The summed E-state index contributed by atoms with van der Waals surface area (Å²) in [7, 11) is -4.30. The van der Waals surface area contributed by atoms with Crippen LogP contribution in [-0.4, -0.2) is 29.9 Å². The molecule has 4 N–H and O–H groups in total. The molecule has 90 valence electrons. The zero-order valence-electron chi connectivity index (χ0n) is 8.65. The van der Waals surface area contributed by atoms with Crippen LogP contribution in [0.5, 0.6) is 0 Å². The van der Waals surface area contributed by atoms with E-state index in [9.17, 15) is 13.5 Å². The third kappa shape index (κ3) is 3.28. The van der Waals surface area contributed by atoms with Gasteiger partial charge < -0.3 is 10.8 Å². The summed E-state index contributed by atoms with van der Waals surface area (Å²) in [4.78, 5) is 0. The molecule has 1 aromatic carbocycles. The fourth-order valence-electron chi connectivity index (χ4n) is 1.50. The Bertz CT molecular complexity index is 418. The van der Waals surface area contributed by atoms with Crippen LogP contribution in [0.2, 0.25) is 0 Å². The molecule has 1 rings (SSSR count). The van der Waals surface area contributed by atoms with E-state index in [1.165, 1.54) is 0 Å². The van der Waals surface area contributed by atoms with Gasteiger partial charge in [0.2, 0.25) is 0 Å². The number of benzene rings is 1. The van der Waals surface area contributed by atoms with E-state index >= 15 is 0 Å². The molecular formula is C10H15NO4S. The van der Waals surface area contributed by atoms with E-state index < -0.39 is 21.5 Å². The summed E-state index contributed by atoms with van der Waals surface area (Å²) in [5, 5.41) is 8.57. The molecule has 0 aliphatic rings. The van der Waals surface area contributed by atoms with Gasteiger partial charge in [0.25, 0.3) is 10.1 Å². The summed E-state index contributed by atoms with van der Waals surface area (Å²) in [6, 6.07) is 8.31. The lowest BCUT2D eigenvalue weighted by Gasteiger charge is -2.19. The highest BCUT2D eigenvalue weighted by atomic mass is 32.2. The highest BCUT2D eigenvalue weighted by molar-refractivity contribution is 7.86. The molecule has 2 atom stereocenters. The molecule has 0 saturated carbocycles. The predicted molar refractivity (Wildman–Crippen MR) is 60.4 cm³/mol. The van der Waals surface area contributed by atoms with Crippen LogP contribution in [-0.2, 0) is 10.1 Å². The molecule has 0 spiro atoms. The van der Waals surface area contributed by atoms with Gasteiger partial charge >= 0.3 is 0 Å². The molecule has 0 fully saturated rings. The maximum atomic E-state index is 11.1. The van der Waals surface area contributed by atoms with E-state index in [2.05, 4.69) is 0 Å². The number of hydrogen-bond acceptors (Lipinski definition) is 4. The lowest BCUT2D eigenvalue weighted by molar-refractivity contribution is 0.164. The average molecular weight is 245 g/mol. The predicted octanol–water partition coefficient (Wildman–Crippen LogP) is 0.325. The van der Waals surface area contributed by atoms with Crippen molar-refractivity contribution in [1.82, 2.24) is 0 Å². The standard InChI is InChI=1S/C10H15NO4S/c11-7-6-9(16(13,14)15)10(12)8-4-2-1-3-5-8/h1-5,9-10,12H,6-7,11H2,(H,13,14,15). The van der Waals surface area contributed by atoms with Gasteiger partial charge in [-0.2, -0.15) is 8.42 Å². The monoisotopic (exact) mass is 245 g/mol. The van der Waals surface area contributed by atoms with E-state index in [0.29, 0.717) is 5.56 Å². The van der Waals surface area contributed by atoms with Crippen molar-refractivity contribution < 1.29 is 18.1 Å². The van der Waals surface area contributed by atoms with Gasteiger partial charge in [-0.25, -0.2) is 0 Å². The first-order valence-corrected chi connectivity index (χ1v) is 6.36. The number of aliphatic hydroxyl groups is 1. The van der Waals surface area contributed by atoms with Crippen LogP contribution in [0.3, 0.4) is 0 Å². The smallest absolute Gasteiger partial charge is 0.270 e. The second kappa shape index (κ2) is 5.40. The Labute approximate surface area is 94.7 Å². The van der Waals surface area contributed by atoms with Crippen LogP contribution in [0.4, 0.5) is 0 Å². The first-order chi connectivity index (χ1) is 7.46. The Morgan fingerprint density at radius 3 is 2.25 bits per heavy atom. The van der Waals surface area contributed by atoms with Crippen LogP contribution < -0.4 is 5.73 Å². The molecular weight excluding hydrogens is 230 g/mol. The molecule has 5 nitrogen and oxygen atoms in total. The Morgan fingerprint density at radius 2 is 1.81 bits per heavy atom. The van der Waals surface area contributed by atoms with Gasteiger partial charge in [0, 0.05) is 0 Å². The van der Waals surface area contributed by atoms with Crippen LogP contribution in [0, 0.1) is 0 Å². The summed E-state index contributed by atoms with van der Waals surface area (Å²) >= 11 is 0. The number of nitrogens with two attached hydrogens (primary N) is 1. The summed E-state index contributed by atoms with van der Waals surface area (Å²) in [5.74, 6) is 0. The van der Waals surface area contributed by atoms with Crippen molar-refractivity contribution in [3.63, 3.8) is 0 Å². The van der Waals surface area contributed by atoms with E-state index in [4.69, 9.17) is 10.3 Å². The summed E-state index contributed by atoms with van der Waals surface area (Å²) in [6.45, 7) is 0.0777. The van der Waals surface area contributed by atoms with Crippen LogP contribution in [0.15, 0.2) is 30.3 Å². The van der Waals surface area contributed by atoms with E-state index in [1.807, 2.05) is 0 Å². The third-order valence-electron chi connectivity index (χ3n) is 2.33. The fourth-order valence-corrected chi connectivity index (χ4v) is 2.42. The van der Waals surface area contributed by atoms with Gasteiger partial charge in [-0.1, -0.05) is 30.3 Å². The average Bonchev–Trinajstić information content (AvgIpc) is 2.25. The quantitative estimate of drug-likeness (QED) is 0.649. The van der Waals surface area contributed by atoms with Crippen LogP contribution >= 0.6 is 0 Å². The van der Waals surface area contributed by atoms with Gasteiger partial charge in [0.05, 0.1) is 6.10 Å². The first kappa shape index (κ1) is 13.1. The SMILES string of the molecule is NCCC(C(O)c1ccccc1)S(=O)(=O)O. The second-order valence-corrected chi connectivity index (χ2v) is 5.12. The summed E-state index contributed by atoms with van der Waals surface area (Å²) in [5.41, 5.74) is 5.70. The van der Waals surface area contributed by atoms with Gasteiger partial charge in [-0.15, -0.1) is 0 Å². The normalized spacial score (nSPS) is 15.7.